The van der Waals surface area contributed by atoms with Gasteiger partial charge in [-0.1, -0.05) is 6.92 Å². The van der Waals surface area contributed by atoms with Crippen LogP contribution in [0.1, 0.15) is 12.5 Å². The van der Waals surface area contributed by atoms with Crippen molar-refractivity contribution in [2.75, 3.05) is 13.7 Å². The topological polar surface area (TPSA) is 9.23 Å². The fourth-order valence-electron chi connectivity index (χ4n) is 1.12. The van der Waals surface area contributed by atoms with Crippen LogP contribution in [0.4, 0.5) is 8.78 Å². The standard InChI is InChI=1S/C10H11F2O/c1-7(6-13-2)9-5-8(11)3-4-10(9)12/h3-5H,6H2,1-2H3. The molecule has 0 amide bonds. The van der Waals surface area contributed by atoms with E-state index >= 15 is 0 Å². The Hall–Kier alpha value is -0.960. The van der Waals surface area contributed by atoms with Gasteiger partial charge in [0.15, 0.2) is 0 Å². The van der Waals surface area contributed by atoms with Crippen molar-refractivity contribution in [3.8, 4) is 0 Å². The lowest BCUT2D eigenvalue weighted by atomic mass is 10.0. The molecule has 0 aromatic heterocycles. The molecular formula is C10H11F2O. The fourth-order valence-corrected chi connectivity index (χ4v) is 1.12. The van der Waals surface area contributed by atoms with Crippen molar-refractivity contribution >= 4 is 0 Å². The van der Waals surface area contributed by atoms with Gasteiger partial charge in [0.2, 0.25) is 0 Å². The Morgan fingerprint density at radius 1 is 1.38 bits per heavy atom. The molecule has 0 atom stereocenters. The number of rotatable bonds is 3. The highest BCUT2D eigenvalue weighted by Crippen LogP contribution is 2.19. The molecule has 0 bridgehead atoms. The molecule has 0 heterocycles. The first-order valence-electron chi connectivity index (χ1n) is 3.92. The Bertz CT molecular complexity index is 286. The Morgan fingerprint density at radius 3 is 2.69 bits per heavy atom. The third-order valence-electron chi connectivity index (χ3n) is 1.75. The summed E-state index contributed by atoms with van der Waals surface area (Å²) < 4.78 is 30.7. The Morgan fingerprint density at radius 2 is 2.08 bits per heavy atom. The van der Waals surface area contributed by atoms with Gasteiger partial charge in [-0.15, -0.1) is 0 Å². The van der Waals surface area contributed by atoms with Gasteiger partial charge < -0.3 is 4.74 Å². The number of hydrogen-bond donors (Lipinski definition) is 0. The molecule has 1 rings (SSSR count). The molecular weight excluding hydrogens is 174 g/mol. The monoisotopic (exact) mass is 185 g/mol. The minimum absolute atomic E-state index is 0.279. The van der Waals surface area contributed by atoms with Crippen LogP contribution in [0.15, 0.2) is 18.2 Å². The van der Waals surface area contributed by atoms with E-state index in [9.17, 15) is 8.78 Å². The molecule has 0 N–H and O–H groups in total. The summed E-state index contributed by atoms with van der Waals surface area (Å²) in [5.74, 6) is -0.178. The highest BCUT2D eigenvalue weighted by molar-refractivity contribution is 5.31. The average Bonchev–Trinajstić information content (AvgIpc) is 2.09. The highest BCUT2D eigenvalue weighted by Gasteiger charge is 2.11. The van der Waals surface area contributed by atoms with Crippen molar-refractivity contribution in [2.45, 2.75) is 6.92 Å². The van der Waals surface area contributed by atoms with E-state index in [4.69, 9.17) is 4.74 Å². The first-order valence-corrected chi connectivity index (χ1v) is 3.92. The van der Waals surface area contributed by atoms with E-state index in [1.165, 1.54) is 13.2 Å². The lowest BCUT2D eigenvalue weighted by molar-refractivity contribution is 0.213. The lowest BCUT2D eigenvalue weighted by Gasteiger charge is -2.10. The molecule has 0 saturated heterocycles. The van der Waals surface area contributed by atoms with Gasteiger partial charge in [-0.05, 0) is 23.8 Å². The van der Waals surface area contributed by atoms with Gasteiger partial charge in [-0.3, -0.25) is 0 Å². The Kier molecular flexibility index (Phi) is 3.37. The summed E-state index contributed by atoms with van der Waals surface area (Å²) in [4.78, 5) is 0. The molecule has 1 aromatic rings. The van der Waals surface area contributed by atoms with Gasteiger partial charge in [0.1, 0.15) is 11.6 Å². The third kappa shape index (κ3) is 2.49. The number of benzene rings is 1. The van der Waals surface area contributed by atoms with E-state index in [-0.39, 0.29) is 5.56 Å². The summed E-state index contributed by atoms with van der Waals surface area (Å²) in [6.07, 6.45) is 0. The van der Waals surface area contributed by atoms with Crippen LogP contribution in [0.2, 0.25) is 0 Å². The van der Waals surface area contributed by atoms with Crippen molar-refractivity contribution in [1.82, 2.24) is 0 Å². The van der Waals surface area contributed by atoms with Crippen LogP contribution in [0.25, 0.3) is 0 Å². The van der Waals surface area contributed by atoms with E-state index in [1.54, 1.807) is 6.92 Å². The summed E-state index contributed by atoms with van der Waals surface area (Å²) >= 11 is 0. The maximum atomic E-state index is 13.1. The van der Waals surface area contributed by atoms with Crippen LogP contribution in [-0.2, 0) is 4.74 Å². The predicted octanol–water partition coefficient (Wildman–Crippen LogP) is 2.55. The molecule has 0 unspecified atom stereocenters. The minimum atomic E-state index is -0.438. The van der Waals surface area contributed by atoms with Crippen molar-refractivity contribution in [3.63, 3.8) is 0 Å². The van der Waals surface area contributed by atoms with E-state index in [2.05, 4.69) is 0 Å². The Balaban J connectivity index is 2.91. The number of ether oxygens (including phenoxy) is 1. The van der Waals surface area contributed by atoms with E-state index in [0.29, 0.717) is 12.5 Å². The molecule has 0 fully saturated rings. The first kappa shape index (κ1) is 10.1. The second-order valence-electron chi connectivity index (χ2n) is 2.84. The van der Waals surface area contributed by atoms with Crippen LogP contribution in [0, 0.1) is 17.6 Å². The van der Waals surface area contributed by atoms with Gasteiger partial charge in [-0.2, -0.15) is 0 Å². The van der Waals surface area contributed by atoms with Crippen LogP contribution < -0.4 is 0 Å². The van der Waals surface area contributed by atoms with Gasteiger partial charge >= 0.3 is 0 Å². The summed E-state index contributed by atoms with van der Waals surface area (Å²) in [5, 5.41) is 0. The first-order chi connectivity index (χ1) is 6.15. The molecule has 0 aliphatic carbocycles. The summed E-state index contributed by atoms with van der Waals surface area (Å²) in [5.41, 5.74) is 0.279. The molecule has 0 aliphatic rings. The molecule has 0 aliphatic heterocycles. The van der Waals surface area contributed by atoms with Crippen LogP contribution in [-0.4, -0.2) is 13.7 Å². The number of hydrogen-bond acceptors (Lipinski definition) is 1. The lowest BCUT2D eigenvalue weighted by Crippen LogP contribution is -2.05. The SMILES string of the molecule is COC[C](C)c1cc(F)ccc1F. The van der Waals surface area contributed by atoms with E-state index in [1.807, 2.05) is 0 Å². The van der Waals surface area contributed by atoms with Gasteiger partial charge in [0.25, 0.3) is 0 Å². The third-order valence-corrected chi connectivity index (χ3v) is 1.75. The summed E-state index contributed by atoms with van der Waals surface area (Å²) in [6.45, 7) is 2.02. The van der Waals surface area contributed by atoms with Crippen molar-refractivity contribution < 1.29 is 13.5 Å². The zero-order valence-electron chi connectivity index (χ0n) is 7.60. The van der Waals surface area contributed by atoms with Crippen molar-refractivity contribution in [3.05, 3.63) is 41.3 Å². The maximum absolute atomic E-state index is 13.1. The van der Waals surface area contributed by atoms with E-state index in [0.717, 1.165) is 12.1 Å². The zero-order valence-corrected chi connectivity index (χ0v) is 7.60. The largest absolute Gasteiger partial charge is 0.384 e. The predicted molar refractivity (Wildman–Crippen MR) is 46.3 cm³/mol. The molecule has 1 radical (unpaired) electrons. The molecule has 3 heteroatoms. The van der Waals surface area contributed by atoms with Gasteiger partial charge in [0.05, 0.1) is 6.61 Å². The molecule has 1 aromatic carbocycles. The average molecular weight is 185 g/mol. The maximum Gasteiger partial charge on any atom is 0.127 e. The number of halogens is 2. The second kappa shape index (κ2) is 4.33. The van der Waals surface area contributed by atoms with Crippen molar-refractivity contribution in [2.24, 2.45) is 0 Å². The summed E-state index contributed by atoms with van der Waals surface area (Å²) in [6, 6.07) is 3.38. The minimum Gasteiger partial charge on any atom is -0.384 e. The smallest absolute Gasteiger partial charge is 0.127 e. The Labute approximate surface area is 76.3 Å². The molecule has 71 valence electrons. The van der Waals surface area contributed by atoms with Crippen LogP contribution >= 0.6 is 0 Å². The van der Waals surface area contributed by atoms with Crippen molar-refractivity contribution in [1.29, 1.82) is 0 Å². The van der Waals surface area contributed by atoms with Gasteiger partial charge in [-0.25, -0.2) is 8.78 Å². The molecule has 0 saturated carbocycles. The van der Waals surface area contributed by atoms with Crippen LogP contribution in [0.3, 0.4) is 0 Å². The zero-order chi connectivity index (χ0) is 9.84. The van der Waals surface area contributed by atoms with Gasteiger partial charge in [0, 0.05) is 13.0 Å². The highest BCUT2D eigenvalue weighted by atomic mass is 19.1. The second-order valence-corrected chi connectivity index (χ2v) is 2.84. The molecule has 0 spiro atoms. The van der Waals surface area contributed by atoms with E-state index < -0.39 is 11.6 Å². The summed E-state index contributed by atoms with van der Waals surface area (Å²) in [7, 11) is 1.51. The quantitative estimate of drug-likeness (QED) is 0.703. The fraction of sp³-hybridized carbons (Fsp3) is 0.300. The molecule has 13 heavy (non-hydrogen) atoms. The number of methoxy groups -OCH3 is 1. The normalized spacial score (nSPS) is 10.8. The molecule has 1 nitrogen and oxygen atoms in total. The van der Waals surface area contributed by atoms with Crippen LogP contribution in [0.5, 0.6) is 0 Å².